The summed E-state index contributed by atoms with van der Waals surface area (Å²) in [5, 5.41) is 33.7. The Kier molecular flexibility index (Phi) is 9.14. The van der Waals surface area contributed by atoms with E-state index in [4.69, 9.17) is 0 Å². The average molecular weight is 848 g/mol. The molecule has 2 aromatic heterocycles. The van der Waals surface area contributed by atoms with Gasteiger partial charge in [-0.2, -0.15) is 42.1 Å². The van der Waals surface area contributed by atoms with Crippen molar-refractivity contribution in [2.75, 3.05) is 0 Å². The molecule has 0 aliphatic heterocycles. The fourth-order valence-corrected chi connectivity index (χ4v) is 8.94. The summed E-state index contributed by atoms with van der Waals surface area (Å²) in [4.78, 5) is 0. The van der Waals surface area contributed by atoms with Crippen molar-refractivity contribution in [1.29, 1.82) is 15.8 Å². The highest BCUT2D eigenvalue weighted by Crippen LogP contribution is 2.48. The number of para-hydroxylation sites is 2. The van der Waals surface area contributed by atoms with E-state index in [1.165, 1.54) is 12.1 Å². The molecular formula is C53H27F6N5. The molecule has 8 aromatic carbocycles. The zero-order valence-electron chi connectivity index (χ0n) is 33.1. The second kappa shape index (κ2) is 14.8. The van der Waals surface area contributed by atoms with Crippen LogP contribution in [0.2, 0.25) is 0 Å². The van der Waals surface area contributed by atoms with Gasteiger partial charge in [0.25, 0.3) is 0 Å². The van der Waals surface area contributed by atoms with Gasteiger partial charge in [-0.1, -0.05) is 103 Å². The van der Waals surface area contributed by atoms with E-state index in [1.54, 1.807) is 81.9 Å². The van der Waals surface area contributed by atoms with Crippen LogP contribution in [-0.2, 0) is 12.4 Å². The first-order valence-electron chi connectivity index (χ1n) is 19.8. The highest BCUT2D eigenvalue weighted by Gasteiger charge is 2.40. The van der Waals surface area contributed by atoms with Crippen LogP contribution >= 0.6 is 0 Å². The lowest BCUT2D eigenvalue weighted by Gasteiger charge is -2.24. The summed E-state index contributed by atoms with van der Waals surface area (Å²) in [6, 6.07) is 50.7. The minimum Gasteiger partial charge on any atom is -0.308 e. The van der Waals surface area contributed by atoms with E-state index in [9.17, 15) is 29.0 Å². The number of nitriles is 3. The van der Waals surface area contributed by atoms with E-state index in [1.807, 2.05) is 60.7 Å². The summed E-state index contributed by atoms with van der Waals surface area (Å²) < 4.78 is 93.0. The summed E-state index contributed by atoms with van der Waals surface area (Å²) in [5.41, 5.74) is 1.94. The van der Waals surface area contributed by atoms with Crippen LogP contribution in [0.3, 0.4) is 0 Å². The third-order valence-corrected chi connectivity index (χ3v) is 11.7. The van der Waals surface area contributed by atoms with E-state index in [-0.39, 0.29) is 28.6 Å². The third-order valence-electron chi connectivity index (χ3n) is 11.7. The smallest absolute Gasteiger partial charge is 0.308 e. The SMILES string of the molecule is N#Cc1cc(-n2c3ccccc3c3ccc(-c4ccccc4C#N)cc32)c(-c2ccc(C(F)(F)F)cc2C(F)(F)F)c(-n2c3ccccc3c3ccc(-c4ccccc4C#N)cc32)c1. The Hall–Kier alpha value is -8.59. The summed E-state index contributed by atoms with van der Waals surface area (Å²) >= 11 is 0. The molecule has 0 N–H and O–H groups in total. The zero-order chi connectivity index (χ0) is 44.5. The number of alkyl halides is 6. The van der Waals surface area contributed by atoms with Crippen molar-refractivity contribution in [3.05, 3.63) is 192 Å². The maximum atomic E-state index is 15.5. The predicted molar refractivity (Wildman–Crippen MR) is 236 cm³/mol. The van der Waals surface area contributed by atoms with E-state index in [0.717, 1.165) is 6.07 Å². The maximum absolute atomic E-state index is 15.5. The van der Waals surface area contributed by atoms with Crippen LogP contribution < -0.4 is 0 Å². The van der Waals surface area contributed by atoms with Gasteiger partial charge in [0.05, 0.1) is 79.5 Å². The van der Waals surface area contributed by atoms with E-state index >= 15 is 13.2 Å². The molecule has 0 atom stereocenters. The Morgan fingerprint density at radius 3 is 1.30 bits per heavy atom. The Balaban J connectivity index is 1.41. The van der Waals surface area contributed by atoms with Crippen LogP contribution in [0.15, 0.2) is 164 Å². The van der Waals surface area contributed by atoms with E-state index in [0.29, 0.717) is 83.1 Å². The van der Waals surface area contributed by atoms with E-state index < -0.39 is 29.0 Å². The van der Waals surface area contributed by atoms with Gasteiger partial charge in [-0.05, 0) is 88.5 Å². The van der Waals surface area contributed by atoms with Gasteiger partial charge in [-0.15, -0.1) is 0 Å². The van der Waals surface area contributed by atoms with Gasteiger partial charge in [0.15, 0.2) is 0 Å². The van der Waals surface area contributed by atoms with Crippen molar-refractivity contribution in [2.45, 2.75) is 12.4 Å². The predicted octanol–water partition coefficient (Wildman–Crippen LogP) is 14.5. The zero-order valence-corrected chi connectivity index (χ0v) is 33.1. The first-order chi connectivity index (χ1) is 30.9. The fourth-order valence-electron chi connectivity index (χ4n) is 8.94. The first-order valence-corrected chi connectivity index (χ1v) is 19.8. The Morgan fingerprint density at radius 1 is 0.391 bits per heavy atom. The molecule has 5 nitrogen and oxygen atoms in total. The fraction of sp³-hybridized carbons (Fsp3) is 0.0377. The van der Waals surface area contributed by atoms with Gasteiger partial charge in [-0.25, -0.2) is 0 Å². The van der Waals surface area contributed by atoms with Crippen molar-refractivity contribution < 1.29 is 26.3 Å². The van der Waals surface area contributed by atoms with Crippen molar-refractivity contribution in [1.82, 2.24) is 9.13 Å². The second-order valence-electron chi connectivity index (χ2n) is 15.2. The highest BCUT2D eigenvalue weighted by atomic mass is 19.4. The van der Waals surface area contributed by atoms with Crippen molar-refractivity contribution >= 4 is 43.6 Å². The number of halogens is 6. The second-order valence-corrected chi connectivity index (χ2v) is 15.2. The molecule has 0 saturated carbocycles. The van der Waals surface area contributed by atoms with Crippen LogP contribution in [-0.4, -0.2) is 9.13 Å². The van der Waals surface area contributed by atoms with Crippen LogP contribution in [0.25, 0.3) is 88.4 Å². The van der Waals surface area contributed by atoms with Crippen molar-refractivity contribution in [2.24, 2.45) is 0 Å². The molecule has 0 aliphatic carbocycles. The molecule has 64 heavy (non-hydrogen) atoms. The summed E-state index contributed by atoms with van der Waals surface area (Å²) in [5.74, 6) is 0. The molecule has 0 fully saturated rings. The molecule has 0 amide bonds. The molecule has 0 bridgehead atoms. The molecular weight excluding hydrogens is 821 g/mol. The Bertz CT molecular complexity index is 3500. The lowest BCUT2D eigenvalue weighted by atomic mass is 9.92. The van der Waals surface area contributed by atoms with Gasteiger partial charge in [-0.3, -0.25) is 0 Å². The number of fused-ring (bicyclic) bond motifs is 6. The number of hydrogen-bond donors (Lipinski definition) is 0. The Morgan fingerprint density at radius 2 is 0.844 bits per heavy atom. The van der Waals surface area contributed by atoms with Crippen LogP contribution in [0.4, 0.5) is 26.3 Å². The molecule has 0 spiro atoms. The van der Waals surface area contributed by atoms with Crippen LogP contribution in [0.5, 0.6) is 0 Å². The van der Waals surface area contributed by atoms with Crippen LogP contribution in [0, 0.1) is 34.0 Å². The largest absolute Gasteiger partial charge is 0.417 e. The summed E-state index contributed by atoms with van der Waals surface area (Å²) in [6.07, 6.45) is -10.4. The van der Waals surface area contributed by atoms with Gasteiger partial charge in [0, 0.05) is 27.1 Å². The van der Waals surface area contributed by atoms with Crippen molar-refractivity contribution in [3.63, 3.8) is 0 Å². The van der Waals surface area contributed by atoms with Gasteiger partial charge < -0.3 is 9.13 Å². The monoisotopic (exact) mass is 847 g/mol. The number of rotatable bonds is 5. The number of hydrogen-bond acceptors (Lipinski definition) is 3. The molecule has 0 aliphatic rings. The quantitative estimate of drug-likeness (QED) is 0.162. The molecule has 0 unspecified atom stereocenters. The summed E-state index contributed by atoms with van der Waals surface area (Å²) in [6.45, 7) is 0. The molecule has 10 aromatic rings. The van der Waals surface area contributed by atoms with E-state index in [2.05, 4.69) is 18.2 Å². The highest BCUT2D eigenvalue weighted by molar-refractivity contribution is 6.13. The van der Waals surface area contributed by atoms with Gasteiger partial charge in [0.1, 0.15) is 0 Å². The lowest BCUT2D eigenvalue weighted by Crippen LogP contribution is -2.14. The molecule has 10 rings (SSSR count). The standard InChI is InChI=1S/C53H27F6N5/c54-52(55,56)36-19-22-43(44(27-36)53(57,58)59)51-49(63-45-15-7-5-13-39(45)41-20-17-32(25-47(41)63)37-11-3-1-9-34(37)29-61)23-31(28-60)24-50(51)64-46-16-8-6-14-40(46)42-21-18-33(26-48(42)64)38-12-4-2-10-35(38)30-62/h1-27H. The average Bonchev–Trinajstić information content (AvgIpc) is 3.82. The lowest BCUT2D eigenvalue weighted by molar-refractivity contribution is -0.142. The van der Waals surface area contributed by atoms with Gasteiger partial charge >= 0.3 is 12.4 Å². The molecule has 0 radical (unpaired) electrons. The summed E-state index contributed by atoms with van der Waals surface area (Å²) in [7, 11) is 0. The number of nitrogens with zero attached hydrogens (tertiary/aromatic N) is 5. The maximum Gasteiger partial charge on any atom is 0.417 e. The van der Waals surface area contributed by atoms with Gasteiger partial charge in [0.2, 0.25) is 0 Å². The molecule has 11 heteroatoms. The molecule has 2 heterocycles. The normalized spacial score (nSPS) is 11.9. The van der Waals surface area contributed by atoms with Crippen molar-refractivity contribution in [3.8, 4) is 63.0 Å². The number of benzene rings is 8. The minimum absolute atomic E-state index is 0.0584. The number of aromatic nitrogens is 2. The topological polar surface area (TPSA) is 81.2 Å². The Labute approximate surface area is 360 Å². The first kappa shape index (κ1) is 39.5. The molecule has 306 valence electrons. The third kappa shape index (κ3) is 6.32. The molecule has 0 saturated heterocycles. The van der Waals surface area contributed by atoms with Crippen LogP contribution in [0.1, 0.15) is 27.8 Å². The minimum atomic E-state index is -5.27.